The fourth-order valence-electron chi connectivity index (χ4n) is 2.12. The molecule has 0 aromatic carbocycles. The molecule has 1 unspecified atom stereocenters. The molecule has 1 saturated heterocycles. The Kier molecular flexibility index (Phi) is 7.40. The third-order valence-corrected chi connectivity index (χ3v) is 3.08. The zero-order valence-electron chi connectivity index (χ0n) is 10.8. The summed E-state index contributed by atoms with van der Waals surface area (Å²) in [6, 6.07) is 3.37. The van der Waals surface area contributed by atoms with Crippen LogP contribution in [0.2, 0.25) is 0 Å². The fraction of sp³-hybridized carbons (Fsp3) is 0.500. The maximum atomic E-state index is 12.1. The number of aliphatic hydroxyl groups excluding tert-OH is 1. The fourth-order valence-corrected chi connectivity index (χ4v) is 2.12. The minimum atomic E-state index is -1.99. The summed E-state index contributed by atoms with van der Waals surface area (Å²) in [5.74, 6) is -0.635. The van der Waals surface area contributed by atoms with Crippen LogP contribution in [0.5, 0.6) is 0 Å². The van der Waals surface area contributed by atoms with E-state index < -0.39 is 17.9 Å². The maximum absolute atomic E-state index is 12.1. The standard InChI is InChI=1S/C12H17N3O3.2ClH/c13-12(18,8-9-3-5-14-6-4-9)11(17)15-7-1-2-10(15)16;;/h3-6,10,16,18H,1-2,7-8,13H2;2*1H/t10?,12-;;/m1../s1. The van der Waals surface area contributed by atoms with Gasteiger partial charge in [-0.05, 0) is 30.5 Å². The number of aliphatic hydroxyl groups is 2. The number of carbonyl (C=O) groups is 1. The number of hydrogen-bond donors (Lipinski definition) is 3. The van der Waals surface area contributed by atoms with E-state index in [-0.39, 0.29) is 31.2 Å². The van der Waals surface area contributed by atoms with Crippen LogP contribution in [0, 0.1) is 0 Å². The van der Waals surface area contributed by atoms with E-state index in [9.17, 15) is 15.0 Å². The van der Waals surface area contributed by atoms with E-state index >= 15 is 0 Å². The topological polar surface area (TPSA) is 99.7 Å². The molecule has 1 aromatic heterocycles. The summed E-state index contributed by atoms with van der Waals surface area (Å²) in [4.78, 5) is 17.1. The third-order valence-electron chi connectivity index (χ3n) is 3.08. The van der Waals surface area contributed by atoms with E-state index in [2.05, 4.69) is 4.98 Å². The van der Waals surface area contributed by atoms with Gasteiger partial charge in [0.1, 0.15) is 6.23 Å². The predicted octanol–water partition coefficient (Wildman–Crippen LogP) is 0.0558. The third kappa shape index (κ3) is 4.29. The molecule has 0 saturated carbocycles. The number of nitrogens with zero attached hydrogens (tertiary/aromatic N) is 2. The summed E-state index contributed by atoms with van der Waals surface area (Å²) < 4.78 is 0. The zero-order chi connectivity index (χ0) is 13.2. The van der Waals surface area contributed by atoms with Crippen molar-refractivity contribution in [2.75, 3.05) is 6.54 Å². The molecule has 20 heavy (non-hydrogen) atoms. The highest BCUT2D eigenvalue weighted by Gasteiger charge is 2.39. The Hall–Kier alpha value is -0.920. The van der Waals surface area contributed by atoms with Gasteiger partial charge in [0, 0.05) is 25.4 Å². The van der Waals surface area contributed by atoms with E-state index in [1.807, 2.05) is 0 Å². The first kappa shape index (κ1) is 19.1. The Morgan fingerprint density at radius 1 is 1.45 bits per heavy atom. The Bertz CT molecular complexity index is 431. The van der Waals surface area contributed by atoms with Gasteiger partial charge in [0.05, 0.1) is 0 Å². The lowest BCUT2D eigenvalue weighted by Gasteiger charge is -2.29. The van der Waals surface area contributed by atoms with Crippen LogP contribution in [0.15, 0.2) is 24.5 Å². The molecule has 1 aromatic rings. The molecule has 1 fully saturated rings. The van der Waals surface area contributed by atoms with E-state index in [0.29, 0.717) is 13.0 Å². The van der Waals surface area contributed by atoms with Gasteiger partial charge in [-0.2, -0.15) is 0 Å². The van der Waals surface area contributed by atoms with Crippen molar-refractivity contribution < 1.29 is 15.0 Å². The Morgan fingerprint density at radius 3 is 2.55 bits per heavy atom. The van der Waals surface area contributed by atoms with Crippen molar-refractivity contribution in [1.29, 1.82) is 0 Å². The van der Waals surface area contributed by atoms with Crippen molar-refractivity contribution in [3.8, 4) is 0 Å². The SMILES string of the molecule is Cl.Cl.N[C@@](O)(Cc1ccncc1)C(=O)N1CCCC1O. The van der Waals surface area contributed by atoms with E-state index in [1.165, 1.54) is 4.90 Å². The molecule has 0 aliphatic carbocycles. The van der Waals surface area contributed by atoms with Crippen molar-refractivity contribution in [2.45, 2.75) is 31.2 Å². The Morgan fingerprint density at radius 2 is 2.05 bits per heavy atom. The summed E-state index contributed by atoms with van der Waals surface area (Å²) in [7, 11) is 0. The van der Waals surface area contributed by atoms with Crippen LogP contribution in [0.25, 0.3) is 0 Å². The zero-order valence-corrected chi connectivity index (χ0v) is 12.4. The highest BCUT2D eigenvalue weighted by atomic mass is 35.5. The first-order chi connectivity index (χ1) is 8.50. The molecule has 1 aliphatic heterocycles. The van der Waals surface area contributed by atoms with Gasteiger partial charge in [-0.3, -0.25) is 15.5 Å². The van der Waals surface area contributed by atoms with Crippen LogP contribution in [0.1, 0.15) is 18.4 Å². The first-order valence-corrected chi connectivity index (χ1v) is 5.90. The average molecular weight is 324 g/mol. The molecular formula is C12H19Cl2N3O3. The molecule has 0 spiro atoms. The van der Waals surface area contributed by atoms with E-state index in [4.69, 9.17) is 5.73 Å². The highest BCUT2D eigenvalue weighted by Crippen LogP contribution is 2.19. The van der Waals surface area contributed by atoms with Gasteiger partial charge in [0.15, 0.2) is 5.72 Å². The number of likely N-dealkylation sites (tertiary alicyclic amines) is 1. The van der Waals surface area contributed by atoms with Crippen molar-refractivity contribution in [1.82, 2.24) is 9.88 Å². The maximum Gasteiger partial charge on any atom is 0.272 e. The van der Waals surface area contributed by atoms with Gasteiger partial charge in [-0.25, -0.2) is 0 Å². The molecule has 8 heteroatoms. The molecule has 2 heterocycles. The minimum absolute atomic E-state index is 0. The number of rotatable bonds is 3. The van der Waals surface area contributed by atoms with Crippen molar-refractivity contribution in [2.24, 2.45) is 5.73 Å². The summed E-state index contributed by atoms with van der Waals surface area (Å²) in [5, 5.41) is 19.7. The number of carbonyl (C=O) groups excluding carboxylic acids is 1. The van der Waals surface area contributed by atoms with Gasteiger partial charge in [0.2, 0.25) is 0 Å². The van der Waals surface area contributed by atoms with Crippen LogP contribution in [0.4, 0.5) is 0 Å². The molecular weight excluding hydrogens is 305 g/mol. The van der Waals surface area contributed by atoms with Crippen LogP contribution in [-0.4, -0.2) is 44.5 Å². The van der Waals surface area contributed by atoms with Crippen LogP contribution in [-0.2, 0) is 11.2 Å². The van der Waals surface area contributed by atoms with Gasteiger partial charge in [-0.1, -0.05) is 0 Å². The van der Waals surface area contributed by atoms with Gasteiger partial charge < -0.3 is 15.1 Å². The number of aromatic nitrogens is 1. The lowest BCUT2D eigenvalue weighted by atomic mass is 10.0. The molecule has 0 bridgehead atoms. The van der Waals surface area contributed by atoms with Crippen LogP contribution in [0.3, 0.4) is 0 Å². The molecule has 114 valence electrons. The van der Waals surface area contributed by atoms with Gasteiger partial charge in [-0.15, -0.1) is 24.8 Å². The predicted molar refractivity (Wildman–Crippen MR) is 78.5 cm³/mol. The smallest absolute Gasteiger partial charge is 0.272 e. The summed E-state index contributed by atoms with van der Waals surface area (Å²) >= 11 is 0. The van der Waals surface area contributed by atoms with E-state index in [0.717, 1.165) is 12.0 Å². The van der Waals surface area contributed by atoms with Gasteiger partial charge >= 0.3 is 0 Å². The van der Waals surface area contributed by atoms with Crippen molar-refractivity contribution in [3.63, 3.8) is 0 Å². The first-order valence-electron chi connectivity index (χ1n) is 5.90. The second-order valence-corrected chi connectivity index (χ2v) is 4.58. The Balaban J connectivity index is 0.00000180. The number of nitrogens with two attached hydrogens (primary N) is 1. The number of halogens is 2. The monoisotopic (exact) mass is 323 g/mol. The second kappa shape index (κ2) is 7.75. The summed E-state index contributed by atoms with van der Waals surface area (Å²) in [6.07, 6.45) is 3.54. The van der Waals surface area contributed by atoms with Crippen molar-refractivity contribution in [3.05, 3.63) is 30.1 Å². The lowest BCUT2D eigenvalue weighted by Crippen LogP contribution is -2.57. The Labute approximate surface area is 129 Å². The minimum Gasteiger partial charge on any atom is -0.374 e. The quantitative estimate of drug-likeness (QED) is 0.683. The van der Waals surface area contributed by atoms with E-state index in [1.54, 1.807) is 24.5 Å². The largest absolute Gasteiger partial charge is 0.374 e. The number of pyridine rings is 1. The summed E-state index contributed by atoms with van der Waals surface area (Å²) in [6.45, 7) is 0.426. The normalized spacial score (nSPS) is 20.6. The lowest BCUT2D eigenvalue weighted by molar-refractivity contribution is -0.157. The molecule has 1 amide bonds. The molecule has 0 radical (unpaired) electrons. The molecule has 1 aliphatic rings. The average Bonchev–Trinajstić information content (AvgIpc) is 2.75. The van der Waals surface area contributed by atoms with Crippen LogP contribution < -0.4 is 5.73 Å². The van der Waals surface area contributed by atoms with Crippen molar-refractivity contribution >= 4 is 30.7 Å². The number of hydrogen-bond acceptors (Lipinski definition) is 5. The summed E-state index contributed by atoms with van der Waals surface area (Å²) in [5.41, 5.74) is 4.39. The second-order valence-electron chi connectivity index (χ2n) is 4.58. The number of amides is 1. The van der Waals surface area contributed by atoms with Gasteiger partial charge in [0.25, 0.3) is 5.91 Å². The molecule has 6 nitrogen and oxygen atoms in total. The molecule has 4 N–H and O–H groups in total. The highest BCUT2D eigenvalue weighted by molar-refractivity contribution is 5.86. The van der Waals surface area contributed by atoms with Crippen LogP contribution >= 0.6 is 24.8 Å². The molecule has 2 atom stereocenters. The molecule has 2 rings (SSSR count).